The van der Waals surface area contributed by atoms with E-state index in [4.69, 9.17) is 4.52 Å². The van der Waals surface area contributed by atoms with Crippen LogP contribution in [0.2, 0.25) is 0 Å². The van der Waals surface area contributed by atoms with Crippen molar-refractivity contribution in [3.63, 3.8) is 0 Å². The number of carbonyl (C=O) groups excluding carboxylic acids is 3. The van der Waals surface area contributed by atoms with Crippen molar-refractivity contribution in [1.29, 1.82) is 0 Å². The SMILES string of the molecule is CC(=O)NC1(c2noc(CCC(=O)N3CCC(C(=O)c4ccc(C)cc4)CC3)n2)CCCCCC1. The number of carbonyl (C=O) groups is 3. The minimum Gasteiger partial charge on any atom is -0.343 e. The number of ketones is 1. The lowest BCUT2D eigenvalue weighted by atomic mass is 9.88. The van der Waals surface area contributed by atoms with Gasteiger partial charge in [0.25, 0.3) is 0 Å². The number of rotatable bonds is 7. The van der Waals surface area contributed by atoms with E-state index in [0.29, 0.717) is 44.1 Å². The van der Waals surface area contributed by atoms with E-state index >= 15 is 0 Å². The maximum Gasteiger partial charge on any atom is 0.227 e. The summed E-state index contributed by atoms with van der Waals surface area (Å²) in [7, 11) is 0. The van der Waals surface area contributed by atoms with E-state index in [1.165, 1.54) is 6.92 Å². The summed E-state index contributed by atoms with van der Waals surface area (Å²) >= 11 is 0. The van der Waals surface area contributed by atoms with Gasteiger partial charge in [-0.15, -0.1) is 0 Å². The maximum atomic E-state index is 12.8. The third kappa shape index (κ3) is 6.16. The predicted octanol–water partition coefficient (Wildman–Crippen LogP) is 4.12. The number of hydrogen-bond donors (Lipinski definition) is 1. The average molecular weight is 481 g/mol. The number of nitrogens with zero attached hydrogens (tertiary/aromatic N) is 3. The predicted molar refractivity (Wildman–Crippen MR) is 131 cm³/mol. The Balaban J connectivity index is 1.29. The molecule has 0 unspecified atom stereocenters. The Labute approximate surface area is 206 Å². The van der Waals surface area contributed by atoms with Crippen LogP contribution in [0.1, 0.15) is 92.3 Å². The van der Waals surface area contributed by atoms with Gasteiger partial charge < -0.3 is 14.7 Å². The highest BCUT2D eigenvalue weighted by Gasteiger charge is 2.38. The molecule has 1 N–H and O–H groups in total. The fourth-order valence-electron chi connectivity index (χ4n) is 5.34. The molecule has 188 valence electrons. The molecule has 1 saturated heterocycles. The molecular formula is C27H36N4O4. The summed E-state index contributed by atoms with van der Waals surface area (Å²) in [4.78, 5) is 43.9. The number of likely N-dealkylation sites (tertiary alicyclic amines) is 1. The summed E-state index contributed by atoms with van der Waals surface area (Å²) in [5.74, 6) is 1.01. The fourth-order valence-corrected chi connectivity index (χ4v) is 5.34. The van der Waals surface area contributed by atoms with E-state index in [9.17, 15) is 14.4 Å². The summed E-state index contributed by atoms with van der Waals surface area (Å²) in [5.41, 5.74) is 1.30. The highest BCUT2D eigenvalue weighted by molar-refractivity contribution is 5.98. The zero-order valence-electron chi connectivity index (χ0n) is 20.8. The largest absolute Gasteiger partial charge is 0.343 e. The summed E-state index contributed by atoms with van der Waals surface area (Å²) in [6.07, 6.45) is 7.87. The Morgan fingerprint density at radius 3 is 2.34 bits per heavy atom. The van der Waals surface area contributed by atoms with Crippen LogP contribution in [-0.4, -0.2) is 45.7 Å². The van der Waals surface area contributed by atoms with Crippen LogP contribution in [-0.2, 0) is 21.5 Å². The van der Waals surface area contributed by atoms with Crippen molar-refractivity contribution in [2.24, 2.45) is 5.92 Å². The molecule has 4 rings (SSSR count). The molecule has 0 spiro atoms. The molecule has 1 aromatic carbocycles. The maximum absolute atomic E-state index is 12.8. The van der Waals surface area contributed by atoms with E-state index in [2.05, 4.69) is 15.5 Å². The van der Waals surface area contributed by atoms with Gasteiger partial charge in [0.15, 0.2) is 11.6 Å². The standard InChI is InChI=1S/C27H36N4O4/c1-19-7-9-21(10-8-19)25(34)22-13-17-31(18-14-22)24(33)12-11-23-28-26(30-35-23)27(29-20(2)32)15-5-3-4-6-16-27/h7-10,22H,3-6,11-18H2,1-2H3,(H,29,32). The number of nitrogens with one attached hydrogen (secondary N) is 1. The van der Waals surface area contributed by atoms with Crippen LogP contribution in [0.3, 0.4) is 0 Å². The molecule has 1 aliphatic heterocycles. The van der Waals surface area contributed by atoms with Gasteiger partial charge in [-0.05, 0) is 32.6 Å². The Bertz CT molecular complexity index is 1030. The van der Waals surface area contributed by atoms with Crippen LogP contribution < -0.4 is 5.32 Å². The minimum atomic E-state index is -0.583. The van der Waals surface area contributed by atoms with Gasteiger partial charge in [-0.2, -0.15) is 4.98 Å². The zero-order valence-corrected chi connectivity index (χ0v) is 20.8. The van der Waals surface area contributed by atoms with E-state index in [1.54, 1.807) is 0 Å². The molecular weight excluding hydrogens is 444 g/mol. The second-order valence-electron chi connectivity index (χ2n) is 10.1. The molecule has 0 bridgehead atoms. The quantitative estimate of drug-likeness (QED) is 0.472. The Morgan fingerprint density at radius 2 is 1.71 bits per heavy atom. The molecule has 2 amide bonds. The average Bonchev–Trinajstić information content (AvgIpc) is 3.22. The summed E-state index contributed by atoms with van der Waals surface area (Å²) < 4.78 is 5.48. The number of benzene rings is 1. The number of hydrogen-bond acceptors (Lipinski definition) is 6. The first kappa shape index (κ1) is 25.1. The molecule has 2 fully saturated rings. The molecule has 2 heterocycles. The van der Waals surface area contributed by atoms with Crippen molar-refractivity contribution < 1.29 is 18.9 Å². The molecule has 1 aliphatic carbocycles. The van der Waals surface area contributed by atoms with Gasteiger partial charge in [-0.3, -0.25) is 14.4 Å². The van der Waals surface area contributed by atoms with Crippen molar-refractivity contribution >= 4 is 17.6 Å². The molecule has 8 heteroatoms. The molecule has 2 aliphatic rings. The van der Waals surface area contributed by atoms with Crippen LogP contribution in [0.5, 0.6) is 0 Å². The first-order valence-corrected chi connectivity index (χ1v) is 12.9. The van der Waals surface area contributed by atoms with Gasteiger partial charge in [0.1, 0.15) is 5.54 Å². The van der Waals surface area contributed by atoms with E-state index in [-0.39, 0.29) is 29.9 Å². The van der Waals surface area contributed by atoms with Gasteiger partial charge in [0, 0.05) is 44.3 Å². The smallest absolute Gasteiger partial charge is 0.227 e. The number of Topliss-reactive ketones (excluding diaryl/α,β-unsaturated/α-hetero) is 1. The summed E-state index contributed by atoms with van der Waals surface area (Å²) in [5, 5.41) is 7.28. The molecule has 35 heavy (non-hydrogen) atoms. The van der Waals surface area contributed by atoms with Crippen molar-refractivity contribution in [2.75, 3.05) is 13.1 Å². The van der Waals surface area contributed by atoms with Gasteiger partial charge in [0.2, 0.25) is 17.7 Å². The lowest BCUT2D eigenvalue weighted by Gasteiger charge is -2.31. The van der Waals surface area contributed by atoms with Crippen molar-refractivity contribution in [3.05, 3.63) is 47.1 Å². The van der Waals surface area contributed by atoms with Crippen LogP contribution in [0.4, 0.5) is 0 Å². The number of aromatic nitrogens is 2. The van der Waals surface area contributed by atoms with Crippen LogP contribution in [0.15, 0.2) is 28.8 Å². The first-order valence-electron chi connectivity index (χ1n) is 12.9. The number of amides is 2. The molecule has 0 radical (unpaired) electrons. The van der Waals surface area contributed by atoms with Crippen molar-refractivity contribution in [3.8, 4) is 0 Å². The fraction of sp³-hybridized carbons (Fsp3) is 0.593. The first-order chi connectivity index (χ1) is 16.9. The van der Waals surface area contributed by atoms with Gasteiger partial charge >= 0.3 is 0 Å². The van der Waals surface area contributed by atoms with Crippen molar-refractivity contribution in [1.82, 2.24) is 20.4 Å². The van der Waals surface area contributed by atoms with Gasteiger partial charge in [-0.25, -0.2) is 0 Å². The lowest BCUT2D eigenvalue weighted by molar-refractivity contribution is -0.132. The second-order valence-corrected chi connectivity index (χ2v) is 10.1. The Hall–Kier alpha value is -3.03. The molecule has 2 aromatic rings. The highest BCUT2D eigenvalue weighted by Crippen LogP contribution is 2.34. The summed E-state index contributed by atoms with van der Waals surface area (Å²) in [6.45, 7) is 4.69. The second kappa shape index (κ2) is 11.1. The molecule has 0 atom stereocenters. The highest BCUT2D eigenvalue weighted by atomic mass is 16.5. The molecule has 8 nitrogen and oxygen atoms in total. The minimum absolute atomic E-state index is 0.0372. The normalized spacial score (nSPS) is 18.6. The Morgan fingerprint density at radius 1 is 1.06 bits per heavy atom. The van der Waals surface area contributed by atoms with Gasteiger partial charge in [0.05, 0.1) is 0 Å². The topological polar surface area (TPSA) is 105 Å². The van der Waals surface area contributed by atoms with E-state index in [1.807, 2.05) is 36.1 Å². The molecule has 1 aromatic heterocycles. The van der Waals surface area contributed by atoms with Crippen LogP contribution in [0, 0.1) is 12.8 Å². The third-order valence-corrected chi connectivity index (χ3v) is 7.38. The monoisotopic (exact) mass is 480 g/mol. The lowest BCUT2D eigenvalue weighted by Crippen LogP contribution is -2.45. The van der Waals surface area contributed by atoms with Crippen molar-refractivity contribution in [2.45, 2.75) is 83.6 Å². The summed E-state index contributed by atoms with van der Waals surface area (Å²) in [6, 6.07) is 7.70. The zero-order chi connectivity index (χ0) is 24.8. The van der Waals surface area contributed by atoms with E-state index in [0.717, 1.165) is 49.7 Å². The molecule has 1 saturated carbocycles. The van der Waals surface area contributed by atoms with E-state index < -0.39 is 5.54 Å². The third-order valence-electron chi connectivity index (χ3n) is 7.38. The van der Waals surface area contributed by atoms with Gasteiger partial charge in [-0.1, -0.05) is 60.7 Å². The number of piperidine rings is 1. The van der Waals surface area contributed by atoms with Crippen LogP contribution >= 0.6 is 0 Å². The van der Waals surface area contributed by atoms with Crippen LogP contribution in [0.25, 0.3) is 0 Å². The number of aryl methyl sites for hydroxylation is 2. The Kier molecular flexibility index (Phi) is 7.98.